The number of hydrogen-bond acceptors (Lipinski definition) is 3. The summed E-state index contributed by atoms with van der Waals surface area (Å²) in [5.74, 6) is 0. The fraction of sp³-hybridized carbons (Fsp3) is 0.455. The molecule has 2 rings (SSSR count). The van der Waals surface area contributed by atoms with Crippen LogP contribution in [0.3, 0.4) is 0 Å². The highest BCUT2D eigenvalue weighted by Crippen LogP contribution is 2.28. The molecular formula is C11H14Cl2N2O2S. The van der Waals surface area contributed by atoms with Gasteiger partial charge >= 0.3 is 0 Å². The quantitative estimate of drug-likeness (QED) is 0.909. The Labute approximate surface area is 117 Å². The SMILES string of the molecule is C[C@H]1CN(S(=O)(=O)c2cc(Cl)ccc2Cl)CCN1. The van der Waals surface area contributed by atoms with Crippen molar-refractivity contribution in [1.29, 1.82) is 0 Å². The van der Waals surface area contributed by atoms with Crippen LogP contribution >= 0.6 is 23.2 Å². The first-order chi connectivity index (χ1) is 8.41. The summed E-state index contributed by atoms with van der Waals surface area (Å²) in [7, 11) is -3.57. The molecule has 0 aromatic heterocycles. The van der Waals surface area contributed by atoms with Crippen LogP contribution in [0.4, 0.5) is 0 Å². The molecule has 0 unspecified atom stereocenters. The Bertz CT molecular complexity index is 548. The largest absolute Gasteiger partial charge is 0.312 e. The molecule has 100 valence electrons. The first-order valence-corrected chi connectivity index (χ1v) is 7.79. The van der Waals surface area contributed by atoms with Gasteiger partial charge in [-0.15, -0.1) is 0 Å². The van der Waals surface area contributed by atoms with Crippen LogP contribution in [0.25, 0.3) is 0 Å². The Balaban J connectivity index is 2.38. The Morgan fingerprint density at radius 1 is 1.39 bits per heavy atom. The van der Waals surface area contributed by atoms with E-state index in [2.05, 4.69) is 5.32 Å². The average molecular weight is 309 g/mol. The van der Waals surface area contributed by atoms with Gasteiger partial charge in [0.1, 0.15) is 4.90 Å². The van der Waals surface area contributed by atoms with Crippen LogP contribution in [0.5, 0.6) is 0 Å². The van der Waals surface area contributed by atoms with Gasteiger partial charge in [0, 0.05) is 30.7 Å². The van der Waals surface area contributed by atoms with Crippen LogP contribution in [-0.2, 0) is 10.0 Å². The molecule has 1 aromatic rings. The molecule has 1 saturated heterocycles. The van der Waals surface area contributed by atoms with Crippen molar-refractivity contribution < 1.29 is 8.42 Å². The second-order valence-electron chi connectivity index (χ2n) is 4.29. The minimum absolute atomic E-state index is 0.0748. The number of benzene rings is 1. The molecule has 1 N–H and O–H groups in total. The second-order valence-corrected chi connectivity index (χ2v) is 7.04. The van der Waals surface area contributed by atoms with Gasteiger partial charge in [0.25, 0.3) is 0 Å². The van der Waals surface area contributed by atoms with Crippen molar-refractivity contribution in [1.82, 2.24) is 9.62 Å². The third-order valence-electron chi connectivity index (χ3n) is 2.84. The minimum Gasteiger partial charge on any atom is -0.312 e. The van der Waals surface area contributed by atoms with Crippen LogP contribution < -0.4 is 5.32 Å². The Hall–Kier alpha value is -0.330. The molecule has 18 heavy (non-hydrogen) atoms. The van der Waals surface area contributed by atoms with E-state index in [-0.39, 0.29) is 16.0 Å². The van der Waals surface area contributed by atoms with Crippen molar-refractivity contribution in [2.45, 2.75) is 17.9 Å². The van der Waals surface area contributed by atoms with Crippen LogP contribution in [0, 0.1) is 0 Å². The van der Waals surface area contributed by atoms with Gasteiger partial charge in [-0.25, -0.2) is 8.42 Å². The van der Waals surface area contributed by atoms with Crippen molar-refractivity contribution in [3.8, 4) is 0 Å². The predicted molar refractivity (Wildman–Crippen MR) is 72.7 cm³/mol. The Morgan fingerprint density at radius 3 is 2.78 bits per heavy atom. The first kappa shape index (κ1) is 14.1. The fourth-order valence-electron chi connectivity index (χ4n) is 1.93. The molecule has 1 aliphatic rings. The van der Waals surface area contributed by atoms with Gasteiger partial charge in [-0.05, 0) is 25.1 Å². The predicted octanol–water partition coefficient (Wildman–Crippen LogP) is 1.98. The molecule has 0 aliphatic carbocycles. The number of nitrogens with one attached hydrogen (secondary N) is 1. The van der Waals surface area contributed by atoms with E-state index in [1.54, 1.807) is 6.07 Å². The number of rotatable bonds is 2. The van der Waals surface area contributed by atoms with E-state index in [0.29, 0.717) is 24.7 Å². The molecule has 0 amide bonds. The number of sulfonamides is 1. The highest BCUT2D eigenvalue weighted by molar-refractivity contribution is 7.89. The average Bonchev–Trinajstić information content (AvgIpc) is 2.32. The van der Waals surface area contributed by atoms with Gasteiger partial charge in [0.2, 0.25) is 10.0 Å². The fourth-order valence-corrected chi connectivity index (χ4v) is 4.20. The molecule has 1 heterocycles. The Morgan fingerprint density at radius 2 is 2.11 bits per heavy atom. The van der Waals surface area contributed by atoms with E-state index in [1.807, 2.05) is 6.92 Å². The van der Waals surface area contributed by atoms with Crippen LogP contribution in [0.1, 0.15) is 6.92 Å². The van der Waals surface area contributed by atoms with E-state index in [0.717, 1.165) is 0 Å². The molecule has 7 heteroatoms. The molecule has 1 atom stereocenters. The van der Waals surface area contributed by atoms with Crippen molar-refractivity contribution in [3.63, 3.8) is 0 Å². The summed E-state index contributed by atoms with van der Waals surface area (Å²) in [6.45, 7) is 3.46. The highest BCUT2D eigenvalue weighted by atomic mass is 35.5. The van der Waals surface area contributed by atoms with Gasteiger partial charge in [-0.3, -0.25) is 0 Å². The monoisotopic (exact) mass is 308 g/mol. The standard InChI is InChI=1S/C11H14Cl2N2O2S/c1-8-7-15(5-4-14-8)18(16,17)11-6-9(12)2-3-10(11)13/h2-3,6,8,14H,4-5,7H2,1H3/t8-/m0/s1. The maximum atomic E-state index is 12.5. The first-order valence-electron chi connectivity index (χ1n) is 5.60. The van der Waals surface area contributed by atoms with Crippen molar-refractivity contribution in [2.24, 2.45) is 0 Å². The lowest BCUT2D eigenvalue weighted by molar-refractivity contribution is 0.310. The molecule has 0 radical (unpaired) electrons. The molecule has 0 bridgehead atoms. The zero-order valence-electron chi connectivity index (χ0n) is 9.86. The lowest BCUT2D eigenvalue weighted by Crippen LogP contribution is -2.51. The molecule has 1 fully saturated rings. The van der Waals surface area contributed by atoms with E-state index in [9.17, 15) is 8.42 Å². The van der Waals surface area contributed by atoms with Gasteiger partial charge in [0.05, 0.1) is 5.02 Å². The zero-order chi connectivity index (χ0) is 13.3. The molecule has 0 saturated carbocycles. The van der Waals surface area contributed by atoms with Crippen LogP contribution in [-0.4, -0.2) is 38.4 Å². The lowest BCUT2D eigenvalue weighted by atomic mass is 10.3. The van der Waals surface area contributed by atoms with E-state index >= 15 is 0 Å². The highest BCUT2D eigenvalue weighted by Gasteiger charge is 2.30. The summed E-state index contributed by atoms with van der Waals surface area (Å²) in [5.41, 5.74) is 0. The minimum atomic E-state index is -3.57. The maximum Gasteiger partial charge on any atom is 0.244 e. The summed E-state index contributed by atoms with van der Waals surface area (Å²) in [6.07, 6.45) is 0. The van der Waals surface area contributed by atoms with Gasteiger partial charge in [0.15, 0.2) is 0 Å². The van der Waals surface area contributed by atoms with Gasteiger partial charge in [-0.2, -0.15) is 4.31 Å². The van der Waals surface area contributed by atoms with Crippen LogP contribution in [0.15, 0.2) is 23.1 Å². The number of nitrogens with zero attached hydrogens (tertiary/aromatic N) is 1. The van der Waals surface area contributed by atoms with Crippen molar-refractivity contribution in [3.05, 3.63) is 28.2 Å². The summed E-state index contributed by atoms with van der Waals surface area (Å²) < 4.78 is 26.4. The van der Waals surface area contributed by atoms with Crippen LogP contribution in [0.2, 0.25) is 10.0 Å². The summed E-state index contributed by atoms with van der Waals surface area (Å²) in [6, 6.07) is 4.60. The molecule has 1 aliphatic heterocycles. The third-order valence-corrected chi connectivity index (χ3v) is 5.42. The molecular weight excluding hydrogens is 295 g/mol. The second kappa shape index (κ2) is 5.35. The summed E-state index contributed by atoms with van der Waals surface area (Å²) in [5, 5.41) is 3.76. The van der Waals surface area contributed by atoms with Gasteiger partial charge < -0.3 is 5.32 Å². The topological polar surface area (TPSA) is 49.4 Å². The Kier molecular flexibility index (Phi) is 4.18. The molecule has 1 aromatic carbocycles. The number of halogens is 2. The molecule has 0 spiro atoms. The summed E-state index contributed by atoms with van der Waals surface area (Å²) in [4.78, 5) is 0.0748. The van der Waals surface area contributed by atoms with Gasteiger partial charge in [-0.1, -0.05) is 23.2 Å². The smallest absolute Gasteiger partial charge is 0.244 e. The number of hydrogen-bond donors (Lipinski definition) is 1. The van der Waals surface area contributed by atoms with Crippen molar-refractivity contribution in [2.75, 3.05) is 19.6 Å². The van der Waals surface area contributed by atoms with Crippen molar-refractivity contribution >= 4 is 33.2 Å². The molecule has 4 nitrogen and oxygen atoms in total. The normalized spacial score (nSPS) is 22.1. The lowest BCUT2D eigenvalue weighted by Gasteiger charge is -2.31. The maximum absolute atomic E-state index is 12.5. The summed E-state index contributed by atoms with van der Waals surface area (Å²) >= 11 is 11.8. The number of piperazine rings is 1. The van der Waals surface area contributed by atoms with E-state index in [4.69, 9.17) is 23.2 Å². The van der Waals surface area contributed by atoms with E-state index < -0.39 is 10.0 Å². The van der Waals surface area contributed by atoms with E-state index in [1.165, 1.54) is 16.4 Å². The third kappa shape index (κ3) is 2.81. The zero-order valence-corrected chi connectivity index (χ0v) is 12.2.